The monoisotopic (exact) mass is 368 g/mol. The first-order chi connectivity index (χ1) is 11.8. The molecule has 0 atom stereocenters. The number of sulfonamides is 1. The number of nitrogens with one attached hydrogen (secondary N) is 1. The Labute approximate surface area is 153 Å². The minimum absolute atomic E-state index is 0.496. The average molecular weight is 369 g/mol. The van der Waals surface area contributed by atoms with Gasteiger partial charge in [0, 0.05) is 39.8 Å². The van der Waals surface area contributed by atoms with E-state index in [-0.39, 0.29) is 0 Å². The molecule has 0 heterocycles. The molecule has 0 amide bonds. The molecule has 7 heteroatoms. The van der Waals surface area contributed by atoms with Crippen LogP contribution in [0.15, 0.2) is 29.3 Å². The van der Waals surface area contributed by atoms with E-state index in [1.54, 1.807) is 0 Å². The molecule has 6 nitrogen and oxygen atoms in total. The first kappa shape index (κ1) is 21.4. The van der Waals surface area contributed by atoms with Gasteiger partial charge in [-0.05, 0) is 31.4 Å². The number of rotatable bonds is 9. The molecule has 0 aliphatic carbocycles. The molecule has 0 spiro atoms. The average Bonchev–Trinajstić information content (AvgIpc) is 2.54. The number of hydrogen-bond acceptors (Lipinski definition) is 3. The van der Waals surface area contributed by atoms with Crippen LogP contribution in [0.4, 0.5) is 0 Å². The van der Waals surface area contributed by atoms with E-state index in [4.69, 9.17) is 0 Å². The van der Waals surface area contributed by atoms with E-state index >= 15 is 0 Å². The molecule has 0 saturated carbocycles. The van der Waals surface area contributed by atoms with Crippen LogP contribution in [0.2, 0.25) is 0 Å². The summed E-state index contributed by atoms with van der Waals surface area (Å²) in [5.74, 6) is 0.841. The second kappa shape index (κ2) is 10.4. The maximum Gasteiger partial charge on any atom is 0.211 e. The summed E-state index contributed by atoms with van der Waals surface area (Å²) >= 11 is 0. The second-order valence-corrected chi connectivity index (χ2v) is 8.11. The summed E-state index contributed by atoms with van der Waals surface area (Å²) in [5, 5.41) is 3.30. The molecule has 0 saturated heterocycles. The van der Waals surface area contributed by atoms with Crippen LogP contribution >= 0.6 is 0 Å². The minimum Gasteiger partial charge on any atom is -0.357 e. The third kappa shape index (κ3) is 7.44. The lowest BCUT2D eigenvalue weighted by molar-refractivity contribution is 0.425. The molecular formula is C18H32N4O2S. The third-order valence-electron chi connectivity index (χ3n) is 4.01. The van der Waals surface area contributed by atoms with Gasteiger partial charge in [0.15, 0.2) is 5.96 Å². The predicted molar refractivity (Wildman–Crippen MR) is 105 cm³/mol. The zero-order chi connectivity index (χ0) is 18.9. The zero-order valence-electron chi connectivity index (χ0n) is 16.1. The first-order valence-corrected chi connectivity index (χ1v) is 10.6. The Bertz CT molecular complexity index is 659. The van der Waals surface area contributed by atoms with Crippen LogP contribution < -0.4 is 5.32 Å². The number of hydrogen-bond donors (Lipinski definition) is 1. The summed E-state index contributed by atoms with van der Waals surface area (Å²) in [4.78, 5) is 6.73. The number of nitrogens with zero attached hydrogens (tertiary/aromatic N) is 3. The Morgan fingerprint density at radius 3 is 2.48 bits per heavy atom. The summed E-state index contributed by atoms with van der Waals surface area (Å²) in [6, 6.07) is 8.32. The van der Waals surface area contributed by atoms with Gasteiger partial charge in [-0.1, -0.05) is 31.2 Å². The van der Waals surface area contributed by atoms with Gasteiger partial charge < -0.3 is 10.2 Å². The van der Waals surface area contributed by atoms with E-state index in [0.29, 0.717) is 26.1 Å². The second-order valence-electron chi connectivity index (χ2n) is 6.13. The van der Waals surface area contributed by atoms with Crippen LogP contribution in [-0.2, 0) is 16.6 Å². The van der Waals surface area contributed by atoms with Crippen LogP contribution in [0.1, 0.15) is 31.4 Å². The molecule has 1 rings (SSSR count). The molecule has 0 unspecified atom stereocenters. The summed E-state index contributed by atoms with van der Waals surface area (Å²) in [6.45, 7) is 9.16. The molecule has 1 N–H and O–H groups in total. The van der Waals surface area contributed by atoms with E-state index in [1.165, 1.54) is 21.7 Å². The van der Waals surface area contributed by atoms with Crippen molar-refractivity contribution in [3.05, 3.63) is 35.4 Å². The fraction of sp³-hybridized carbons (Fsp3) is 0.611. The molecule has 0 aromatic heterocycles. The maximum absolute atomic E-state index is 11.6. The van der Waals surface area contributed by atoms with Gasteiger partial charge in [-0.15, -0.1) is 0 Å². The molecule has 25 heavy (non-hydrogen) atoms. The number of benzene rings is 1. The highest BCUT2D eigenvalue weighted by molar-refractivity contribution is 7.88. The van der Waals surface area contributed by atoms with Gasteiger partial charge in [-0.2, -0.15) is 0 Å². The first-order valence-electron chi connectivity index (χ1n) is 8.78. The van der Waals surface area contributed by atoms with Crippen molar-refractivity contribution in [1.82, 2.24) is 14.5 Å². The topological polar surface area (TPSA) is 65.0 Å². The lowest BCUT2D eigenvalue weighted by Gasteiger charge is -2.23. The van der Waals surface area contributed by atoms with Gasteiger partial charge in [0.25, 0.3) is 0 Å². The molecule has 0 radical (unpaired) electrons. The smallest absolute Gasteiger partial charge is 0.211 e. The van der Waals surface area contributed by atoms with Crippen molar-refractivity contribution in [2.45, 2.75) is 33.7 Å². The fourth-order valence-corrected chi connectivity index (χ4v) is 3.51. The Hall–Kier alpha value is -1.60. The predicted octanol–water partition coefficient (Wildman–Crippen LogP) is 2.06. The van der Waals surface area contributed by atoms with Crippen molar-refractivity contribution in [2.24, 2.45) is 4.99 Å². The summed E-state index contributed by atoms with van der Waals surface area (Å²) in [7, 11) is -1.11. The summed E-state index contributed by atoms with van der Waals surface area (Å²) < 4.78 is 24.7. The molecule has 0 bridgehead atoms. The maximum atomic E-state index is 11.6. The molecule has 142 valence electrons. The molecule has 1 aromatic rings. The fourth-order valence-electron chi connectivity index (χ4n) is 2.58. The van der Waals surface area contributed by atoms with Crippen molar-refractivity contribution >= 4 is 16.0 Å². The van der Waals surface area contributed by atoms with Crippen LogP contribution in [0.5, 0.6) is 0 Å². The Balaban J connectivity index is 2.65. The van der Waals surface area contributed by atoms with Crippen molar-refractivity contribution in [3.63, 3.8) is 0 Å². The van der Waals surface area contributed by atoms with Crippen LogP contribution in [0, 0.1) is 6.92 Å². The Morgan fingerprint density at radius 1 is 1.24 bits per heavy atom. The van der Waals surface area contributed by atoms with E-state index in [0.717, 1.165) is 19.0 Å². The van der Waals surface area contributed by atoms with Gasteiger partial charge in [0.1, 0.15) is 0 Å². The van der Waals surface area contributed by atoms with Gasteiger partial charge in [0.05, 0.1) is 6.26 Å². The molecule has 0 fully saturated rings. The van der Waals surface area contributed by atoms with Gasteiger partial charge in [-0.3, -0.25) is 4.99 Å². The number of guanidine groups is 1. The van der Waals surface area contributed by atoms with Crippen molar-refractivity contribution in [2.75, 3.05) is 39.5 Å². The minimum atomic E-state index is -3.13. The highest BCUT2D eigenvalue weighted by Crippen LogP contribution is 2.09. The zero-order valence-corrected chi connectivity index (χ0v) is 16.9. The van der Waals surface area contributed by atoms with Gasteiger partial charge in [-0.25, -0.2) is 12.7 Å². The van der Waals surface area contributed by atoms with E-state index in [9.17, 15) is 8.42 Å². The third-order valence-corrected chi connectivity index (χ3v) is 5.39. The number of aliphatic imine (C=N–C) groups is 1. The van der Waals surface area contributed by atoms with Crippen molar-refractivity contribution in [3.8, 4) is 0 Å². The highest BCUT2D eigenvalue weighted by Gasteiger charge is 2.13. The molecule has 0 aliphatic heterocycles. The van der Waals surface area contributed by atoms with E-state index in [2.05, 4.69) is 34.3 Å². The molecule has 0 aliphatic rings. The van der Waals surface area contributed by atoms with Crippen LogP contribution in [0.3, 0.4) is 0 Å². The van der Waals surface area contributed by atoms with Gasteiger partial charge >= 0.3 is 0 Å². The largest absolute Gasteiger partial charge is 0.357 e. The highest BCUT2D eigenvalue weighted by atomic mass is 32.2. The Kier molecular flexibility index (Phi) is 8.92. The number of aryl methyl sites for hydroxylation is 1. The van der Waals surface area contributed by atoms with E-state index < -0.39 is 10.0 Å². The summed E-state index contributed by atoms with van der Waals surface area (Å²) in [5.41, 5.74) is 2.53. The Morgan fingerprint density at radius 2 is 1.92 bits per heavy atom. The van der Waals surface area contributed by atoms with Crippen LogP contribution in [0.25, 0.3) is 0 Å². The van der Waals surface area contributed by atoms with Crippen molar-refractivity contribution < 1.29 is 8.42 Å². The standard InChI is InChI=1S/C18H32N4O2S/c1-6-19-18(20-13-10-14-22(7-2)25(5,23)24)21(4)15-17-12-9-8-11-16(17)3/h8-9,11-12H,6-7,10,13-15H2,1-5H3,(H,19,20). The lowest BCUT2D eigenvalue weighted by atomic mass is 10.1. The van der Waals surface area contributed by atoms with Gasteiger partial charge in [0.2, 0.25) is 10.0 Å². The lowest BCUT2D eigenvalue weighted by Crippen LogP contribution is -2.39. The normalized spacial score (nSPS) is 12.5. The van der Waals surface area contributed by atoms with Crippen molar-refractivity contribution in [1.29, 1.82) is 0 Å². The van der Waals surface area contributed by atoms with Crippen LogP contribution in [-0.4, -0.2) is 63.1 Å². The SMILES string of the molecule is CCNC(=NCCCN(CC)S(C)(=O)=O)N(C)Cc1ccccc1C. The quantitative estimate of drug-likeness (QED) is 0.412. The van der Waals surface area contributed by atoms with E-state index in [1.807, 2.05) is 33.0 Å². The molecule has 1 aromatic carbocycles. The summed E-state index contributed by atoms with van der Waals surface area (Å²) in [6.07, 6.45) is 1.95. The molecular weight excluding hydrogens is 336 g/mol.